The molecule has 0 aromatic carbocycles. The van der Waals surface area contributed by atoms with Gasteiger partial charge in [-0.2, -0.15) is 0 Å². The van der Waals surface area contributed by atoms with Crippen molar-refractivity contribution >= 4 is 69.1 Å². The van der Waals surface area contributed by atoms with E-state index in [0.29, 0.717) is 0 Å². The number of hydrogen-bond donors (Lipinski definition) is 0. The first-order valence-electron chi connectivity index (χ1n) is 16.6. The predicted octanol–water partition coefficient (Wildman–Crippen LogP) is -5.50. The molecule has 38 heteroatoms. The SMILES string of the molecule is CN(C)P(=O)(OP(=O)(N(C)C)N(C)C)N(C)C.CN(C)P(=O)(OP(=O)(N(C)C)N(C)C)N(C)C.CN(C)P(=O)(OP(=O)(N(C)C)N(C)C)N(C)C.[Mg+2].[O-][Cl+3]([O-])([O-])[O-].[O-][Cl+3]([O-])([O-])[O-]. The summed E-state index contributed by atoms with van der Waals surface area (Å²) in [5, 5.41) is 0. The fourth-order valence-electron chi connectivity index (χ4n) is 3.44. The van der Waals surface area contributed by atoms with Crippen LogP contribution >= 0.6 is 46.0 Å². The summed E-state index contributed by atoms with van der Waals surface area (Å²) in [6.45, 7) is 0. The standard InChI is InChI=1S/3C8H24N4O3P2.2ClHO4.Mg/c3*1-9(2)16(13,10(3)4)15-17(14,11(5)6)12(7)8;2*2-1(3,4)5;/h3*1-8H3;2*(H,2,3,4,5);/q;;;;;+2/p-2. The van der Waals surface area contributed by atoms with E-state index < -0.39 is 66.5 Å². The van der Waals surface area contributed by atoms with E-state index in [1.807, 2.05) is 0 Å². The summed E-state index contributed by atoms with van der Waals surface area (Å²) in [6, 6.07) is 0. The summed E-state index contributed by atoms with van der Waals surface area (Å²) in [4.78, 5) is 0. The van der Waals surface area contributed by atoms with Crippen molar-refractivity contribution in [1.29, 1.82) is 0 Å². The quantitative estimate of drug-likeness (QED) is 0.0913. The first-order chi connectivity index (χ1) is 26.4. The monoisotopic (exact) mass is 1080 g/mol. The molecule has 376 valence electrons. The molecular formula is C24H72Cl2MgN12O17P6. The Morgan fingerprint density at radius 2 is 0.290 bits per heavy atom. The van der Waals surface area contributed by atoms with Crippen LogP contribution in [-0.2, 0) is 40.3 Å². The Morgan fingerprint density at radius 1 is 0.242 bits per heavy atom. The molecule has 0 bridgehead atoms. The Hall–Kier alpha value is 1.81. The van der Waals surface area contributed by atoms with Gasteiger partial charge in [0.1, 0.15) is 0 Å². The van der Waals surface area contributed by atoms with Crippen LogP contribution in [0.25, 0.3) is 0 Å². The van der Waals surface area contributed by atoms with Gasteiger partial charge in [-0.15, -0.1) is 20.5 Å². The average molecular weight is 1080 g/mol. The van der Waals surface area contributed by atoms with Crippen molar-refractivity contribution in [2.45, 2.75) is 0 Å². The van der Waals surface area contributed by atoms with Crippen LogP contribution in [0.1, 0.15) is 0 Å². The third-order valence-corrected chi connectivity index (χ3v) is 23.9. The predicted molar refractivity (Wildman–Crippen MR) is 219 cm³/mol. The van der Waals surface area contributed by atoms with Crippen LogP contribution in [0.2, 0.25) is 0 Å². The Morgan fingerprint density at radius 3 is 0.323 bits per heavy atom. The second-order valence-electron chi connectivity index (χ2n) is 14.1. The molecule has 0 heterocycles. The van der Waals surface area contributed by atoms with Crippen LogP contribution in [0, 0.1) is 20.5 Å². The minimum atomic E-state index is -4.94. The first-order valence-corrected chi connectivity index (χ1v) is 28.2. The van der Waals surface area contributed by atoms with E-state index in [1.54, 1.807) is 169 Å². The van der Waals surface area contributed by atoms with Gasteiger partial charge in [-0.1, -0.05) is 0 Å². The van der Waals surface area contributed by atoms with Gasteiger partial charge in [0.15, 0.2) is 0 Å². The molecule has 0 radical (unpaired) electrons. The van der Waals surface area contributed by atoms with Crippen molar-refractivity contribution in [3.63, 3.8) is 0 Å². The van der Waals surface area contributed by atoms with Crippen LogP contribution in [0.5, 0.6) is 0 Å². The van der Waals surface area contributed by atoms with Gasteiger partial charge >= 0.3 is 69.1 Å². The maximum Gasteiger partial charge on any atom is 2.00 e. The second-order valence-corrected chi connectivity index (χ2v) is 33.1. The van der Waals surface area contributed by atoms with Gasteiger partial charge in [-0.25, -0.2) is 106 Å². The van der Waals surface area contributed by atoms with Crippen molar-refractivity contribution in [2.24, 2.45) is 0 Å². The van der Waals surface area contributed by atoms with E-state index in [4.69, 9.17) is 50.2 Å². The van der Waals surface area contributed by atoms with Crippen LogP contribution in [0.3, 0.4) is 0 Å². The van der Waals surface area contributed by atoms with Gasteiger partial charge in [0, 0.05) is 0 Å². The minimum Gasteiger partial charge on any atom is -0.255 e. The van der Waals surface area contributed by atoms with Crippen molar-refractivity contribution in [3.05, 3.63) is 0 Å². The minimum absolute atomic E-state index is 0. The van der Waals surface area contributed by atoms with Gasteiger partial charge in [-0.05, 0) is 169 Å². The van der Waals surface area contributed by atoms with E-state index in [2.05, 4.69) is 0 Å². The summed E-state index contributed by atoms with van der Waals surface area (Å²) in [6.07, 6.45) is 0. The average Bonchev–Trinajstić information content (AvgIpc) is 3.02. The largest absolute Gasteiger partial charge is 2.00 e. The zero-order chi connectivity index (χ0) is 51.0. The molecule has 0 saturated carbocycles. The van der Waals surface area contributed by atoms with Gasteiger partial charge in [0.25, 0.3) is 0 Å². The maximum atomic E-state index is 12.6. The van der Waals surface area contributed by atoms with Crippen LogP contribution in [0.4, 0.5) is 0 Å². The van der Waals surface area contributed by atoms with Crippen LogP contribution < -0.4 is 37.3 Å². The second kappa shape index (κ2) is 30.4. The third-order valence-electron chi connectivity index (χ3n) is 6.70. The third kappa shape index (κ3) is 27.1. The molecule has 0 aromatic heterocycles. The molecule has 0 aliphatic carbocycles. The molecule has 0 fully saturated rings. The summed E-state index contributed by atoms with van der Waals surface area (Å²) in [5.41, 5.74) is 0. The van der Waals surface area contributed by atoms with Gasteiger partial charge < -0.3 is 0 Å². The molecule has 0 amide bonds. The molecule has 0 N–H and O–H groups in total. The van der Waals surface area contributed by atoms with E-state index in [-0.39, 0.29) is 23.1 Å². The molecule has 0 rings (SSSR count). The topological polar surface area (TPSA) is 353 Å². The van der Waals surface area contributed by atoms with Crippen molar-refractivity contribution < 1.29 is 98.1 Å². The fraction of sp³-hybridized carbons (Fsp3) is 1.00. The molecular weight excluding hydrogens is 1010 g/mol. The molecule has 29 nitrogen and oxygen atoms in total. The van der Waals surface area contributed by atoms with Crippen LogP contribution in [0.15, 0.2) is 0 Å². The number of nitrogens with zero attached hydrogens (tertiary/aromatic N) is 12. The summed E-state index contributed by atoms with van der Waals surface area (Å²) < 4.78 is 178. The van der Waals surface area contributed by atoms with E-state index in [9.17, 15) is 27.4 Å². The van der Waals surface area contributed by atoms with Gasteiger partial charge in [0.05, 0.1) is 0 Å². The van der Waals surface area contributed by atoms with Gasteiger partial charge in [0.2, 0.25) is 0 Å². The number of halogens is 2. The first kappa shape index (κ1) is 75.3. The summed E-state index contributed by atoms with van der Waals surface area (Å²) >= 11 is 0. The molecule has 0 aromatic rings. The Labute approximate surface area is 390 Å². The smallest absolute Gasteiger partial charge is 0.255 e. The van der Waals surface area contributed by atoms with Gasteiger partial charge in [-0.3, -0.25) is 27.4 Å². The number of hydrogen-bond acceptors (Lipinski definition) is 17. The van der Waals surface area contributed by atoms with Crippen molar-refractivity contribution in [3.8, 4) is 0 Å². The van der Waals surface area contributed by atoms with E-state index in [0.717, 1.165) is 0 Å². The van der Waals surface area contributed by atoms with Crippen LogP contribution in [-0.4, -0.2) is 248 Å². The van der Waals surface area contributed by atoms with Crippen molar-refractivity contribution in [2.75, 3.05) is 169 Å². The maximum absolute atomic E-state index is 12.6. The molecule has 0 saturated heterocycles. The Kier molecular flexibility index (Phi) is 37.0. The normalized spacial score (nSPS) is 13.7. The zero-order valence-electron chi connectivity index (χ0n) is 40.5. The molecule has 0 spiro atoms. The molecule has 0 aliphatic rings. The van der Waals surface area contributed by atoms with E-state index >= 15 is 0 Å². The molecule has 0 unspecified atom stereocenters. The zero-order valence-corrected chi connectivity index (χ0v) is 48.7. The van der Waals surface area contributed by atoms with E-state index in [1.165, 1.54) is 56.0 Å². The molecule has 0 atom stereocenters. The Bertz CT molecular complexity index is 1210. The summed E-state index contributed by atoms with van der Waals surface area (Å²) in [7, 11) is 9.73. The molecule has 62 heavy (non-hydrogen) atoms. The number of rotatable bonds is 18. The molecule has 0 aliphatic heterocycles. The Balaban J connectivity index is -0.000000169. The fourth-order valence-corrected chi connectivity index (χ4v) is 18.1. The van der Waals surface area contributed by atoms with Crippen molar-refractivity contribution in [1.82, 2.24) is 56.0 Å². The summed E-state index contributed by atoms with van der Waals surface area (Å²) in [5.74, 6) is 0.